The van der Waals surface area contributed by atoms with E-state index in [1.54, 1.807) is 0 Å². The molecule has 0 amide bonds. The number of carbonyl (C=O) groups excluding carboxylic acids is 1. The van der Waals surface area contributed by atoms with Gasteiger partial charge in [0.25, 0.3) is 0 Å². The van der Waals surface area contributed by atoms with Crippen LogP contribution in [0.3, 0.4) is 0 Å². The highest BCUT2D eigenvalue weighted by molar-refractivity contribution is 5.98. The molecule has 0 aliphatic rings. The van der Waals surface area contributed by atoms with Gasteiger partial charge in [-0.25, -0.2) is 0 Å². The molecule has 0 unspecified atom stereocenters. The minimum atomic E-state index is 0.134. The van der Waals surface area contributed by atoms with Crippen molar-refractivity contribution < 1.29 is 9.53 Å². The second-order valence-corrected chi connectivity index (χ2v) is 5.06. The lowest BCUT2D eigenvalue weighted by Crippen LogP contribution is -2.04. The average molecular weight is 282 g/mol. The van der Waals surface area contributed by atoms with Crippen molar-refractivity contribution in [1.82, 2.24) is 0 Å². The van der Waals surface area contributed by atoms with E-state index < -0.39 is 0 Å². The van der Waals surface area contributed by atoms with Crippen LogP contribution in [0.2, 0.25) is 0 Å². The fourth-order valence-electron chi connectivity index (χ4n) is 2.27. The summed E-state index contributed by atoms with van der Waals surface area (Å²) in [5.74, 6) is 0.846. The lowest BCUT2D eigenvalue weighted by Gasteiger charge is -2.10. The molecule has 0 aromatic heterocycles. The van der Waals surface area contributed by atoms with Crippen molar-refractivity contribution in [3.8, 4) is 5.75 Å². The number of rotatable bonds is 8. The number of hydrogen-bond acceptors (Lipinski definition) is 2. The molecule has 110 valence electrons. The van der Waals surface area contributed by atoms with Gasteiger partial charge in [0.2, 0.25) is 0 Å². The van der Waals surface area contributed by atoms with Gasteiger partial charge < -0.3 is 4.74 Å². The number of unbranched alkanes of at least 4 members (excludes halogenated alkanes) is 1. The van der Waals surface area contributed by atoms with Gasteiger partial charge in [0, 0.05) is 6.42 Å². The molecule has 0 spiro atoms. The number of carbonyl (C=O) groups is 1. The Labute approximate surface area is 126 Å². The summed E-state index contributed by atoms with van der Waals surface area (Å²) in [4.78, 5) is 11.8. The second kappa shape index (κ2) is 8.25. The second-order valence-electron chi connectivity index (χ2n) is 5.06. The number of aryl methyl sites for hydroxylation is 1. The van der Waals surface area contributed by atoms with E-state index in [0.29, 0.717) is 24.3 Å². The number of benzene rings is 2. The number of Topliss-reactive ketones (excluding diaryl/α,β-unsaturated/α-hetero) is 1. The fourth-order valence-corrected chi connectivity index (χ4v) is 2.27. The maximum atomic E-state index is 11.8. The van der Waals surface area contributed by atoms with Crippen molar-refractivity contribution in [2.24, 2.45) is 0 Å². The summed E-state index contributed by atoms with van der Waals surface area (Å²) in [7, 11) is 0. The lowest BCUT2D eigenvalue weighted by atomic mass is 10.1. The quantitative estimate of drug-likeness (QED) is 0.519. The topological polar surface area (TPSA) is 26.3 Å². The molecule has 0 fully saturated rings. The third-order valence-corrected chi connectivity index (χ3v) is 3.47. The van der Waals surface area contributed by atoms with E-state index in [2.05, 4.69) is 24.3 Å². The van der Waals surface area contributed by atoms with Crippen molar-refractivity contribution in [2.75, 3.05) is 6.61 Å². The van der Waals surface area contributed by atoms with Crippen LogP contribution in [0.15, 0.2) is 54.6 Å². The number of ketones is 1. The number of ether oxygens (including phenoxy) is 1. The summed E-state index contributed by atoms with van der Waals surface area (Å²) in [5.41, 5.74) is 2.06. The largest absolute Gasteiger partial charge is 0.493 e. The standard InChI is InChI=1S/C19H22O2/c1-2-18(20)17-13-6-7-14-19(17)21-15-9-8-12-16-10-4-3-5-11-16/h3-7,10-11,13-14H,2,8-9,12,15H2,1H3. The third kappa shape index (κ3) is 4.75. The molecule has 0 saturated carbocycles. The summed E-state index contributed by atoms with van der Waals surface area (Å²) in [6, 6.07) is 18.0. The summed E-state index contributed by atoms with van der Waals surface area (Å²) >= 11 is 0. The van der Waals surface area contributed by atoms with Crippen molar-refractivity contribution in [2.45, 2.75) is 32.6 Å². The summed E-state index contributed by atoms with van der Waals surface area (Å²) in [6.45, 7) is 2.53. The molecule has 2 aromatic carbocycles. The number of hydrogen-bond donors (Lipinski definition) is 0. The minimum absolute atomic E-state index is 0.134. The van der Waals surface area contributed by atoms with E-state index in [9.17, 15) is 4.79 Å². The first-order chi connectivity index (χ1) is 10.3. The maximum Gasteiger partial charge on any atom is 0.166 e. The van der Waals surface area contributed by atoms with Crippen LogP contribution in [0.25, 0.3) is 0 Å². The molecular weight excluding hydrogens is 260 g/mol. The van der Waals surface area contributed by atoms with E-state index in [0.717, 1.165) is 19.3 Å². The molecule has 0 heterocycles. The van der Waals surface area contributed by atoms with Gasteiger partial charge in [0.05, 0.1) is 12.2 Å². The van der Waals surface area contributed by atoms with Crippen molar-refractivity contribution >= 4 is 5.78 Å². The van der Waals surface area contributed by atoms with Gasteiger partial charge in [0.15, 0.2) is 5.78 Å². The Bertz CT molecular complexity index is 561. The lowest BCUT2D eigenvalue weighted by molar-refractivity contribution is 0.0984. The van der Waals surface area contributed by atoms with Gasteiger partial charge >= 0.3 is 0 Å². The molecule has 2 nitrogen and oxygen atoms in total. The molecule has 2 aromatic rings. The van der Waals surface area contributed by atoms with Crippen LogP contribution in [0.5, 0.6) is 5.75 Å². The first-order valence-corrected chi connectivity index (χ1v) is 7.60. The Morgan fingerprint density at radius 3 is 2.43 bits per heavy atom. The van der Waals surface area contributed by atoms with Gasteiger partial charge in [-0.3, -0.25) is 4.79 Å². The Morgan fingerprint density at radius 1 is 0.952 bits per heavy atom. The molecule has 0 bridgehead atoms. The van der Waals surface area contributed by atoms with Crippen LogP contribution in [0.4, 0.5) is 0 Å². The van der Waals surface area contributed by atoms with Crippen molar-refractivity contribution in [1.29, 1.82) is 0 Å². The average Bonchev–Trinajstić information content (AvgIpc) is 2.55. The first kappa shape index (κ1) is 15.3. The van der Waals surface area contributed by atoms with Crippen LogP contribution in [-0.2, 0) is 6.42 Å². The predicted molar refractivity (Wildman–Crippen MR) is 85.9 cm³/mol. The first-order valence-electron chi connectivity index (χ1n) is 7.60. The van der Waals surface area contributed by atoms with Crippen molar-refractivity contribution in [3.63, 3.8) is 0 Å². The Kier molecular flexibility index (Phi) is 6.01. The van der Waals surface area contributed by atoms with Crippen molar-refractivity contribution in [3.05, 3.63) is 65.7 Å². The summed E-state index contributed by atoms with van der Waals surface area (Å²) in [5, 5.41) is 0. The summed E-state index contributed by atoms with van der Waals surface area (Å²) in [6.07, 6.45) is 3.66. The van der Waals surface area contributed by atoms with Gasteiger partial charge in [0.1, 0.15) is 5.75 Å². The van der Waals surface area contributed by atoms with Gasteiger partial charge in [-0.1, -0.05) is 49.4 Å². The highest BCUT2D eigenvalue weighted by atomic mass is 16.5. The van der Waals surface area contributed by atoms with Crippen LogP contribution in [-0.4, -0.2) is 12.4 Å². The SMILES string of the molecule is CCC(=O)c1ccccc1OCCCCc1ccccc1. The molecular formula is C19H22O2. The smallest absolute Gasteiger partial charge is 0.166 e. The molecule has 0 radical (unpaired) electrons. The highest BCUT2D eigenvalue weighted by Gasteiger charge is 2.09. The van der Waals surface area contributed by atoms with E-state index in [-0.39, 0.29) is 5.78 Å². The maximum absolute atomic E-state index is 11.8. The van der Waals surface area contributed by atoms with Gasteiger partial charge in [-0.2, -0.15) is 0 Å². The molecule has 0 N–H and O–H groups in total. The van der Waals surface area contributed by atoms with E-state index in [1.807, 2.05) is 37.3 Å². The van der Waals surface area contributed by atoms with E-state index >= 15 is 0 Å². The third-order valence-electron chi connectivity index (χ3n) is 3.47. The molecule has 0 aliphatic carbocycles. The minimum Gasteiger partial charge on any atom is -0.493 e. The molecule has 0 saturated heterocycles. The zero-order valence-electron chi connectivity index (χ0n) is 12.5. The molecule has 0 aliphatic heterocycles. The molecule has 2 heteroatoms. The normalized spacial score (nSPS) is 10.3. The van der Waals surface area contributed by atoms with Crippen LogP contribution < -0.4 is 4.74 Å². The van der Waals surface area contributed by atoms with E-state index in [1.165, 1.54) is 5.56 Å². The van der Waals surface area contributed by atoms with Crippen LogP contribution in [0, 0.1) is 0 Å². The predicted octanol–water partition coefficient (Wildman–Crippen LogP) is 4.68. The molecule has 2 rings (SSSR count). The zero-order chi connectivity index (χ0) is 14.9. The number of para-hydroxylation sites is 1. The Hall–Kier alpha value is -2.09. The van der Waals surface area contributed by atoms with Crippen LogP contribution >= 0.6 is 0 Å². The van der Waals surface area contributed by atoms with Crippen LogP contribution in [0.1, 0.15) is 42.1 Å². The molecule has 0 atom stereocenters. The summed E-state index contributed by atoms with van der Waals surface area (Å²) < 4.78 is 5.78. The fraction of sp³-hybridized carbons (Fsp3) is 0.316. The Morgan fingerprint density at radius 2 is 1.67 bits per heavy atom. The Balaban J connectivity index is 1.77. The monoisotopic (exact) mass is 282 g/mol. The van der Waals surface area contributed by atoms with E-state index in [4.69, 9.17) is 4.74 Å². The highest BCUT2D eigenvalue weighted by Crippen LogP contribution is 2.20. The molecule has 21 heavy (non-hydrogen) atoms. The van der Waals surface area contributed by atoms with Gasteiger partial charge in [-0.15, -0.1) is 0 Å². The van der Waals surface area contributed by atoms with Gasteiger partial charge in [-0.05, 0) is 37.0 Å². The zero-order valence-corrected chi connectivity index (χ0v) is 12.5.